The molecule has 1 rings (SSSR count). The highest BCUT2D eigenvalue weighted by atomic mass is 35.5. The minimum absolute atomic E-state index is 0.0215. The van der Waals surface area contributed by atoms with Crippen molar-refractivity contribution >= 4 is 17.3 Å². The first-order chi connectivity index (χ1) is 9.40. The molecule has 0 saturated carbocycles. The smallest absolute Gasteiger partial charge is 0.0642 e. The lowest BCUT2D eigenvalue weighted by atomic mass is 10.0. The molecule has 1 aromatic carbocycles. The summed E-state index contributed by atoms with van der Waals surface area (Å²) >= 11 is 6.51. The fourth-order valence-electron chi connectivity index (χ4n) is 2.61. The van der Waals surface area contributed by atoms with E-state index >= 15 is 0 Å². The van der Waals surface area contributed by atoms with Crippen molar-refractivity contribution in [2.45, 2.75) is 59.5 Å². The quantitative estimate of drug-likeness (QED) is 0.766. The van der Waals surface area contributed by atoms with Crippen molar-refractivity contribution in [2.24, 2.45) is 11.7 Å². The molecule has 2 N–H and O–H groups in total. The molecule has 0 aliphatic rings. The monoisotopic (exact) mass is 296 g/mol. The standard InChI is InChI=1S/C17H29ClN2/c1-6-15(7-2)20(11-12(3)4)17-9-8-14(13(5)19)10-16(17)18/h8-10,12-13,15H,6-7,11,19H2,1-5H3/t13-/m0/s1. The van der Waals surface area contributed by atoms with Crippen LogP contribution in [0.2, 0.25) is 5.02 Å². The van der Waals surface area contributed by atoms with Crippen molar-refractivity contribution in [3.63, 3.8) is 0 Å². The molecule has 0 saturated heterocycles. The van der Waals surface area contributed by atoms with Crippen LogP contribution in [0.5, 0.6) is 0 Å². The molecule has 0 spiro atoms. The fraction of sp³-hybridized carbons (Fsp3) is 0.647. The van der Waals surface area contributed by atoms with Crippen LogP contribution in [0.25, 0.3) is 0 Å². The maximum Gasteiger partial charge on any atom is 0.0642 e. The van der Waals surface area contributed by atoms with Gasteiger partial charge in [0.15, 0.2) is 0 Å². The maximum atomic E-state index is 6.51. The SMILES string of the molecule is CCC(CC)N(CC(C)C)c1ccc([C@H](C)N)cc1Cl. The van der Waals surface area contributed by atoms with Crippen LogP contribution in [-0.2, 0) is 0 Å². The van der Waals surface area contributed by atoms with Crippen LogP contribution in [0, 0.1) is 5.92 Å². The zero-order valence-electron chi connectivity index (χ0n) is 13.5. The molecular weight excluding hydrogens is 268 g/mol. The second-order valence-corrected chi connectivity index (χ2v) is 6.42. The molecule has 1 atom stereocenters. The highest BCUT2D eigenvalue weighted by molar-refractivity contribution is 6.33. The van der Waals surface area contributed by atoms with Crippen LogP contribution in [0.1, 0.15) is 59.1 Å². The third-order valence-electron chi connectivity index (χ3n) is 3.75. The molecule has 0 heterocycles. The van der Waals surface area contributed by atoms with Gasteiger partial charge in [0.2, 0.25) is 0 Å². The number of benzene rings is 1. The van der Waals surface area contributed by atoms with Crippen molar-refractivity contribution in [3.8, 4) is 0 Å². The molecule has 2 nitrogen and oxygen atoms in total. The van der Waals surface area contributed by atoms with Crippen LogP contribution in [0.15, 0.2) is 18.2 Å². The molecule has 0 radical (unpaired) electrons. The van der Waals surface area contributed by atoms with Gasteiger partial charge in [-0.3, -0.25) is 0 Å². The summed E-state index contributed by atoms with van der Waals surface area (Å²) in [5, 5.41) is 0.812. The predicted octanol–water partition coefficient (Wildman–Crippen LogP) is 5.01. The van der Waals surface area contributed by atoms with E-state index < -0.39 is 0 Å². The molecule has 0 unspecified atom stereocenters. The zero-order valence-corrected chi connectivity index (χ0v) is 14.2. The minimum atomic E-state index is 0.0215. The summed E-state index contributed by atoms with van der Waals surface area (Å²) < 4.78 is 0. The average Bonchev–Trinajstić information content (AvgIpc) is 2.38. The van der Waals surface area contributed by atoms with Gasteiger partial charge in [-0.25, -0.2) is 0 Å². The molecule has 114 valence electrons. The third kappa shape index (κ3) is 4.39. The first kappa shape index (κ1) is 17.3. The number of halogens is 1. The molecule has 0 fully saturated rings. The summed E-state index contributed by atoms with van der Waals surface area (Å²) in [7, 11) is 0. The molecule has 0 aliphatic heterocycles. The number of anilines is 1. The Morgan fingerprint density at radius 2 is 1.75 bits per heavy atom. The average molecular weight is 297 g/mol. The first-order valence-electron chi connectivity index (χ1n) is 7.72. The minimum Gasteiger partial charge on any atom is -0.367 e. The zero-order chi connectivity index (χ0) is 15.3. The largest absolute Gasteiger partial charge is 0.367 e. The summed E-state index contributed by atoms with van der Waals surface area (Å²) in [6.45, 7) is 12.0. The Morgan fingerprint density at radius 1 is 1.15 bits per heavy atom. The van der Waals surface area contributed by atoms with E-state index in [0.29, 0.717) is 12.0 Å². The number of rotatable bonds is 7. The topological polar surface area (TPSA) is 29.3 Å². The Balaban J connectivity index is 3.13. The number of hydrogen-bond acceptors (Lipinski definition) is 2. The number of nitrogens with zero attached hydrogens (tertiary/aromatic N) is 1. The van der Waals surface area contributed by atoms with Gasteiger partial charge in [0.1, 0.15) is 0 Å². The van der Waals surface area contributed by atoms with E-state index in [-0.39, 0.29) is 6.04 Å². The maximum absolute atomic E-state index is 6.51. The van der Waals surface area contributed by atoms with Gasteiger partial charge in [-0.2, -0.15) is 0 Å². The van der Waals surface area contributed by atoms with E-state index in [0.717, 1.165) is 35.7 Å². The summed E-state index contributed by atoms with van der Waals surface area (Å²) in [5.74, 6) is 0.611. The van der Waals surface area contributed by atoms with Gasteiger partial charge in [0.25, 0.3) is 0 Å². The molecule has 20 heavy (non-hydrogen) atoms. The second kappa shape index (κ2) is 7.90. The van der Waals surface area contributed by atoms with E-state index in [4.69, 9.17) is 17.3 Å². The first-order valence-corrected chi connectivity index (χ1v) is 8.10. The van der Waals surface area contributed by atoms with Crippen molar-refractivity contribution in [3.05, 3.63) is 28.8 Å². The fourth-order valence-corrected chi connectivity index (χ4v) is 2.90. The number of hydrogen-bond donors (Lipinski definition) is 1. The van der Waals surface area contributed by atoms with Crippen molar-refractivity contribution in [2.75, 3.05) is 11.4 Å². The van der Waals surface area contributed by atoms with E-state index in [9.17, 15) is 0 Å². The van der Waals surface area contributed by atoms with Gasteiger partial charge in [-0.05, 0) is 43.4 Å². The van der Waals surface area contributed by atoms with Crippen LogP contribution in [-0.4, -0.2) is 12.6 Å². The third-order valence-corrected chi connectivity index (χ3v) is 4.05. The van der Waals surface area contributed by atoms with Gasteiger partial charge in [0.05, 0.1) is 10.7 Å². The summed E-state index contributed by atoms with van der Waals surface area (Å²) in [6.07, 6.45) is 2.27. The van der Waals surface area contributed by atoms with Crippen molar-refractivity contribution in [1.82, 2.24) is 0 Å². The Bertz CT molecular complexity index is 411. The predicted molar refractivity (Wildman–Crippen MR) is 90.6 cm³/mol. The van der Waals surface area contributed by atoms with Gasteiger partial charge < -0.3 is 10.6 Å². The Labute approximate surface area is 129 Å². The van der Waals surface area contributed by atoms with Gasteiger partial charge in [-0.15, -0.1) is 0 Å². The lowest BCUT2D eigenvalue weighted by Crippen LogP contribution is -2.37. The number of nitrogens with two attached hydrogens (primary N) is 1. The lowest BCUT2D eigenvalue weighted by Gasteiger charge is -2.35. The molecular formula is C17H29ClN2. The van der Waals surface area contributed by atoms with E-state index in [1.165, 1.54) is 0 Å². The van der Waals surface area contributed by atoms with Crippen LogP contribution in [0.3, 0.4) is 0 Å². The highest BCUT2D eigenvalue weighted by Gasteiger charge is 2.19. The Kier molecular flexibility index (Phi) is 6.84. The van der Waals surface area contributed by atoms with E-state index in [1.807, 2.05) is 13.0 Å². The van der Waals surface area contributed by atoms with Gasteiger partial charge in [0, 0.05) is 18.6 Å². The summed E-state index contributed by atoms with van der Waals surface area (Å²) in [5.41, 5.74) is 8.16. The van der Waals surface area contributed by atoms with Gasteiger partial charge in [-0.1, -0.05) is 45.4 Å². The van der Waals surface area contributed by atoms with Crippen molar-refractivity contribution in [1.29, 1.82) is 0 Å². The molecule has 0 aliphatic carbocycles. The van der Waals surface area contributed by atoms with Crippen LogP contribution >= 0.6 is 11.6 Å². The van der Waals surface area contributed by atoms with Gasteiger partial charge >= 0.3 is 0 Å². The van der Waals surface area contributed by atoms with E-state index in [1.54, 1.807) is 0 Å². The van der Waals surface area contributed by atoms with E-state index in [2.05, 4.69) is 44.7 Å². The normalized spacial score (nSPS) is 13.1. The lowest BCUT2D eigenvalue weighted by molar-refractivity contribution is 0.507. The Morgan fingerprint density at radius 3 is 2.15 bits per heavy atom. The van der Waals surface area contributed by atoms with Crippen LogP contribution in [0.4, 0.5) is 5.69 Å². The molecule has 3 heteroatoms. The second-order valence-electron chi connectivity index (χ2n) is 6.02. The van der Waals surface area contributed by atoms with Crippen molar-refractivity contribution < 1.29 is 0 Å². The molecule has 1 aromatic rings. The summed E-state index contributed by atoms with van der Waals surface area (Å²) in [4.78, 5) is 2.46. The summed E-state index contributed by atoms with van der Waals surface area (Å²) in [6, 6.07) is 6.80. The molecule has 0 aromatic heterocycles. The molecule has 0 amide bonds. The van der Waals surface area contributed by atoms with Crippen LogP contribution < -0.4 is 10.6 Å². The Hall–Kier alpha value is -0.730. The molecule has 0 bridgehead atoms. The highest BCUT2D eigenvalue weighted by Crippen LogP contribution is 2.31.